The SMILES string of the molecule is CCNc1ccc2c(c1)C(OC(C)C)C(OCc1cc(C(F)(F)F)cc(C(F)(F)F)c1)C(C)(C)O2. The Morgan fingerprint density at radius 3 is 2.09 bits per heavy atom. The number of benzene rings is 2. The second kappa shape index (κ2) is 9.89. The fourth-order valence-electron chi connectivity index (χ4n) is 4.06. The molecule has 0 fully saturated rings. The summed E-state index contributed by atoms with van der Waals surface area (Å²) in [5, 5.41) is 3.20. The summed E-state index contributed by atoms with van der Waals surface area (Å²) in [6.45, 7) is 9.26. The minimum absolute atomic E-state index is 0.0976. The smallest absolute Gasteiger partial charge is 0.416 e. The van der Waals surface area contributed by atoms with Gasteiger partial charge in [-0.1, -0.05) is 0 Å². The van der Waals surface area contributed by atoms with Crippen LogP contribution in [0.15, 0.2) is 36.4 Å². The van der Waals surface area contributed by atoms with Crippen molar-refractivity contribution in [2.75, 3.05) is 11.9 Å². The number of alkyl halides is 6. The van der Waals surface area contributed by atoms with Gasteiger partial charge in [0.25, 0.3) is 0 Å². The lowest BCUT2D eigenvalue weighted by Gasteiger charge is -2.45. The molecule has 4 nitrogen and oxygen atoms in total. The Labute approximate surface area is 200 Å². The van der Waals surface area contributed by atoms with Gasteiger partial charge in [-0.2, -0.15) is 26.3 Å². The van der Waals surface area contributed by atoms with Crippen LogP contribution in [-0.2, 0) is 28.4 Å². The normalized spacial score (nSPS) is 19.9. The molecule has 10 heteroatoms. The maximum Gasteiger partial charge on any atom is 0.416 e. The molecule has 3 rings (SSSR count). The lowest BCUT2D eigenvalue weighted by molar-refractivity contribution is -0.177. The first-order valence-corrected chi connectivity index (χ1v) is 11.2. The topological polar surface area (TPSA) is 39.7 Å². The van der Waals surface area contributed by atoms with E-state index >= 15 is 0 Å². The number of halogens is 6. The van der Waals surface area contributed by atoms with Crippen molar-refractivity contribution in [2.45, 2.75) is 77.5 Å². The average molecular weight is 505 g/mol. The lowest BCUT2D eigenvalue weighted by atomic mass is 9.87. The van der Waals surface area contributed by atoms with Gasteiger partial charge in [0.1, 0.15) is 23.6 Å². The Bertz CT molecular complexity index is 1000. The number of hydrogen-bond acceptors (Lipinski definition) is 4. The van der Waals surface area contributed by atoms with E-state index < -0.39 is 47.9 Å². The molecule has 0 amide bonds. The van der Waals surface area contributed by atoms with Crippen LogP contribution < -0.4 is 10.1 Å². The summed E-state index contributed by atoms with van der Waals surface area (Å²) < 4.78 is 97.9. The van der Waals surface area contributed by atoms with Gasteiger partial charge in [0.05, 0.1) is 23.8 Å². The van der Waals surface area contributed by atoms with Crippen LogP contribution in [0.5, 0.6) is 5.75 Å². The zero-order valence-electron chi connectivity index (χ0n) is 20.1. The van der Waals surface area contributed by atoms with Crippen molar-refractivity contribution < 1.29 is 40.6 Å². The number of fused-ring (bicyclic) bond motifs is 1. The summed E-state index contributed by atoms with van der Waals surface area (Å²) in [6, 6.07) is 6.94. The van der Waals surface area contributed by atoms with Crippen LogP contribution in [-0.4, -0.2) is 24.4 Å². The standard InChI is InChI=1S/C25H29F6NO3/c1-6-32-18-7-8-20-19(12-18)21(34-14(2)3)22(23(4,5)35-20)33-13-15-9-16(24(26,27)28)11-17(10-15)25(29,30)31/h7-12,14,21-22,32H,6,13H2,1-5H3. The minimum Gasteiger partial charge on any atom is -0.485 e. The molecule has 194 valence electrons. The monoisotopic (exact) mass is 505 g/mol. The molecule has 0 spiro atoms. The van der Waals surface area contributed by atoms with Gasteiger partial charge in [-0.3, -0.25) is 0 Å². The Balaban J connectivity index is 1.98. The molecule has 0 bridgehead atoms. The molecule has 0 saturated heterocycles. The molecule has 1 aliphatic heterocycles. The molecule has 1 aliphatic rings. The summed E-state index contributed by atoms with van der Waals surface area (Å²) in [6.07, 6.45) is -11.6. The molecule has 1 N–H and O–H groups in total. The van der Waals surface area contributed by atoms with Gasteiger partial charge in [-0.05, 0) is 76.6 Å². The first-order chi connectivity index (χ1) is 16.1. The van der Waals surface area contributed by atoms with Crippen LogP contribution in [0.1, 0.15) is 63.0 Å². The van der Waals surface area contributed by atoms with E-state index in [-0.39, 0.29) is 17.7 Å². The predicted molar refractivity (Wildman–Crippen MR) is 119 cm³/mol. The molecule has 2 aromatic rings. The number of anilines is 1. The fourth-order valence-corrected chi connectivity index (χ4v) is 4.06. The first kappa shape index (κ1) is 27.1. The van der Waals surface area contributed by atoms with E-state index in [1.165, 1.54) is 0 Å². The molecule has 0 saturated carbocycles. The van der Waals surface area contributed by atoms with E-state index in [1.807, 2.05) is 32.9 Å². The van der Waals surface area contributed by atoms with Crippen LogP contribution in [0.2, 0.25) is 0 Å². The van der Waals surface area contributed by atoms with Gasteiger partial charge in [-0.25, -0.2) is 0 Å². The number of hydrogen-bond donors (Lipinski definition) is 1. The number of rotatable bonds is 7. The lowest BCUT2D eigenvalue weighted by Crippen LogP contribution is -2.51. The Morgan fingerprint density at radius 2 is 1.57 bits per heavy atom. The number of ether oxygens (including phenoxy) is 3. The van der Waals surface area contributed by atoms with Gasteiger partial charge in [0.15, 0.2) is 0 Å². The first-order valence-electron chi connectivity index (χ1n) is 11.2. The Hall–Kier alpha value is -2.46. The average Bonchev–Trinajstić information content (AvgIpc) is 2.71. The molecule has 35 heavy (non-hydrogen) atoms. The molecule has 2 atom stereocenters. The van der Waals surface area contributed by atoms with Gasteiger partial charge in [-0.15, -0.1) is 0 Å². The third-order valence-corrected chi connectivity index (χ3v) is 5.53. The number of nitrogens with one attached hydrogen (secondary N) is 1. The predicted octanol–water partition coefficient (Wildman–Crippen LogP) is 7.38. The van der Waals surface area contributed by atoms with Gasteiger partial charge < -0.3 is 19.5 Å². The van der Waals surface area contributed by atoms with Crippen molar-refractivity contribution in [1.29, 1.82) is 0 Å². The highest BCUT2D eigenvalue weighted by molar-refractivity contribution is 5.53. The molecule has 0 aromatic heterocycles. The van der Waals surface area contributed by atoms with Crippen molar-refractivity contribution in [3.63, 3.8) is 0 Å². The highest BCUT2D eigenvalue weighted by Crippen LogP contribution is 2.45. The van der Waals surface area contributed by atoms with E-state index in [1.54, 1.807) is 19.9 Å². The van der Waals surface area contributed by atoms with Crippen molar-refractivity contribution in [2.24, 2.45) is 0 Å². The molecular weight excluding hydrogens is 476 g/mol. The summed E-state index contributed by atoms with van der Waals surface area (Å²) >= 11 is 0. The second-order valence-corrected chi connectivity index (χ2v) is 9.24. The molecule has 2 aromatic carbocycles. The van der Waals surface area contributed by atoms with Crippen LogP contribution in [0.3, 0.4) is 0 Å². The quantitative estimate of drug-likeness (QED) is 0.399. The second-order valence-electron chi connectivity index (χ2n) is 9.24. The van der Waals surface area contributed by atoms with Crippen LogP contribution in [0, 0.1) is 0 Å². The Morgan fingerprint density at radius 1 is 0.971 bits per heavy atom. The van der Waals surface area contributed by atoms with Crippen LogP contribution in [0.25, 0.3) is 0 Å². The maximum atomic E-state index is 13.3. The fraction of sp³-hybridized carbons (Fsp3) is 0.520. The molecule has 1 heterocycles. The van der Waals surface area contributed by atoms with Gasteiger partial charge in [0, 0.05) is 17.8 Å². The summed E-state index contributed by atoms with van der Waals surface area (Å²) in [4.78, 5) is 0. The van der Waals surface area contributed by atoms with Gasteiger partial charge in [0.2, 0.25) is 0 Å². The molecule has 2 unspecified atom stereocenters. The van der Waals surface area contributed by atoms with E-state index in [2.05, 4.69) is 5.32 Å². The maximum absolute atomic E-state index is 13.3. The van der Waals surface area contributed by atoms with E-state index in [4.69, 9.17) is 14.2 Å². The van der Waals surface area contributed by atoms with Crippen LogP contribution >= 0.6 is 0 Å². The van der Waals surface area contributed by atoms with Gasteiger partial charge >= 0.3 is 12.4 Å². The Kier molecular flexibility index (Phi) is 7.67. The zero-order chi connectivity index (χ0) is 26.2. The molecular formula is C25H29F6NO3. The van der Waals surface area contributed by atoms with Crippen molar-refractivity contribution in [3.05, 3.63) is 58.7 Å². The minimum atomic E-state index is -4.94. The van der Waals surface area contributed by atoms with Crippen LogP contribution in [0.4, 0.5) is 32.0 Å². The van der Waals surface area contributed by atoms with Crippen molar-refractivity contribution >= 4 is 5.69 Å². The van der Waals surface area contributed by atoms with E-state index in [0.29, 0.717) is 30.0 Å². The van der Waals surface area contributed by atoms with E-state index in [9.17, 15) is 26.3 Å². The molecule has 0 radical (unpaired) electrons. The largest absolute Gasteiger partial charge is 0.485 e. The van der Waals surface area contributed by atoms with Crippen molar-refractivity contribution in [1.82, 2.24) is 0 Å². The van der Waals surface area contributed by atoms with Crippen molar-refractivity contribution in [3.8, 4) is 5.75 Å². The highest BCUT2D eigenvalue weighted by Gasteiger charge is 2.46. The zero-order valence-corrected chi connectivity index (χ0v) is 20.1. The summed E-state index contributed by atoms with van der Waals surface area (Å²) in [5.74, 6) is 0.570. The van der Waals surface area contributed by atoms with E-state index in [0.717, 1.165) is 5.69 Å². The third kappa shape index (κ3) is 6.41. The molecule has 0 aliphatic carbocycles. The summed E-state index contributed by atoms with van der Waals surface area (Å²) in [7, 11) is 0. The highest BCUT2D eigenvalue weighted by atomic mass is 19.4. The third-order valence-electron chi connectivity index (χ3n) is 5.53. The summed E-state index contributed by atoms with van der Waals surface area (Å²) in [5.41, 5.74) is -2.51.